The third-order valence-corrected chi connectivity index (χ3v) is 1.40. The molecule has 1 nitrogen and oxygen atoms in total. The summed E-state index contributed by atoms with van der Waals surface area (Å²) in [4.78, 5) is 0. The van der Waals surface area contributed by atoms with Crippen molar-refractivity contribution in [1.82, 2.24) is 0 Å². The molecule has 0 spiro atoms. The van der Waals surface area contributed by atoms with Crippen LogP contribution in [0.5, 0.6) is 0 Å². The molecule has 0 aliphatic rings. The molecule has 1 aromatic rings. The van der Waals surface area contributed by atoms with Crippen LogP contribution in [0.2, 0.25) is 0 Å². The Kier molecular flexibility index (Phi) is 9.73. The first-order chi connectivity index (χ1) is 6.41. The van der Waals surface area contributed by atoms with Gasteiger partial charge in [-0.25, -0.2) is 0 Å². The molecule has 13 heavy (non-hydrogen) atoms. The molecule has 0 aromatic heterocycles. The Morgan fingerprint density at radius 3 is 1.85 bits per heavy atom. The number of ether oxygens (including phenoxy) is 1. The highest BCUT2D eigenvalue weighted by molar-refractivity contribution is 4.99. The summed E-state index contributed by atoms with van der Waals surface area (Å²) >= 11 is 0. The van der Waals surface area contributed by atoms with Crippen molar-refractivity contribution in [3.63, 3.8) is 0 Å². The first-order valence-corrected chi connectivity index (χ1v) is 4.64. The van der Waals surface area contributed by atoms with Gasteiger partial charge in [-0.15, -0.1) is 0 Å². The van der Waals surface area contributed by atoms with Gasteiger partial charge in [-0.3, -0.25) is 0 Å². The number of hydrogen-bond donors (Lipinski definition) is 0. The third-order valence-electron chi connectivity index (χ3n) is 1.40. The van der Waals surface area contributed by atoms with Crippen molar-refractivity contribution < 1.29 is 4.74 Å². The van der Waals surface area contributed by atoms with E-state index in [4.69, 9.17) is 4.74 Å². The summed E-state index contributed by atoms with van der Waals surface area (Å²) in [5, 5.41) is 0. The zero-order valence-electron chi connectivity index (χ0n) is 8.28. The lowest BCUT2D eigenvalue weighted by atomic mass is 10.4. The number of benzene rings is 1. The molecular weight excluding hydrogens is 160 g/mol. The SMILES string of the molecule is C=COCCCC.c1ccccc1. The van der Waals surface area contributed by atoms with Crippen molar-refractivity contribution in [3.8, 4) is 0 Å². The van der Waals surface area contributed by atoms with Crippen LogP contribution in [0.25, 0.3) is 0 Å². The molecule has 1 rings (SSSR count). The molecule has 0 radical (unpaired) electrons. The van der Waals surface area contributed by atoms with Crippen LogP contribution in [-0.2, 0) is 4.74 Å². The minimum Gasteiger partial charge on any atom is -0.502 e. The Hall–Kier alpha value is -1.24. The standard InChI is InChI=1S/C6H12O.C6H6/c1-3-5-6-7-4-2;1-2-4-6-5-3-1/h4H,2-3,5-6H2,1H3;1-6H. The molecule has 1 aromatic carbocycles. The smallest absolute Gasteiger partial charge is 0.0872 e. The molecule has 0 N–H and O–H groups in total. The van der Waals surface area contributed by atoms with E-state index < -0.39 is 0 Å². The van der Waals surface area contributed by atoms with Gasteiger partial charge in [0, 0.05) is 0 Å². The van der Waals surface area contributed by atoms with Crippen molar-refractivity contribution in [2.24, 2.45) is 0 Å². The molecule has 0 bridgehead atoms. The van der Waals surface area contributed by atoms with Crippen molar-refractivity contribution >= 4 is 0 Å². The molecule has 0 aliphatic heterocycles. The van der Waals surface area contributed by atoms with Crippen molar-refractivity contribution in [2.75, 3.05) is 6.61 Å². The van der Waals surface area contributed by atoms with E-state index in [-0.39, 0.29) is 0 Å². The highest BCUT2D eigenvalue weighted by Gasteiger charge is 1.76. The maximum atomic E-state index is 4.84. The largest absolute Gasteiger partial charge is 0.502 e. The number of hydrogen-bond acceptors (Lipinski definition) is 1. The molecule has 1 heteroatoms. The fourth-order valence-electron chi connectivity index (χ4n) is 0.696. The summed E-state index contributed by atoms with van der Waals surface area (Å²) in [6, 6.07) is 12.0. The Morgan fingerprint density at radius 2 is 1.54 bits per heavy atom. The molecule has 0 saturated carbocycles. The quantitative estimate of drug-likeness (QED) is 0.505. The van der Waals surface area contributed by atoms with E-state index in [1.807, 2.05) is 36.4 Å². The second-order valence-electron chi connectivity index (χ2n) is 2.55. The Balaban J connectivity index is 0.000000223. The van der Waals surface area contributed by atoms with E-state index >= 15 is 0 Å². The van der Waals surface area contributed by atoms with E-state index in [2.05, 4.69) is 13.5 Å². The summed E-state index contributed by atoms with van der Waals surface area (Å²) in [6.07, 6.45) is 3.80. The summed E-state index contributed by atoms with van der Waals surface area (Å²) in [7, 11) is 0. The zero-order valence-corrected chi connectivity index (χ0v) is 8.28. The highest BCUT2D eigenvalue weighted by atomic mass is 16.5. The molecule has 0 unspecified atom stereocenters. The molecule has 0 atom stereocenters. The van der Waals surface area contributed by atoms with Gasteiger partial charge >= 0.3 is 0 Å². The van der Waals surface area contributed by atoms with E-state index in [1.54, 1.807) is 0 Å². The van der Waals surface area contributed by atoms with Gasteiger partial charge in [-0.05, 0) is 6.42 Å². The van der Waals surface area contributed by atoms with Crippen LogP contribution in [0.3, 0.4) is 0 Å². The van der Waals surface area contributed by atoms with Gasteiger partial charge in [0.25, 0.3) is 0 Å². The predicted molar refractivity (Wildman–Crippen MR) is 57.5 cm³/mol. The van der Waals surface area contributed by atoms with Crippen molar-refractivity contribution in [3.05, 3.63) is 49.2 Å². The van der Waals surface area contributed by atoms with Gasteiger partial charge in [0.15, 0.2) is 0 Å². The monoisotopic (exact) mass is 178 g/mol. The average molecular weight is 178 g/mol. The summed E-state index contributed by atoms with van der Waals surface area (Å²) < 4.78 is 4.84. The van der Waals surface area contributed by atoms with E-state index in [0.29, 0.717) is 0 Å². The van der Waals surface area contributed by atoms with Crippen LogP contribution in [0, 0.1) is 0 Å². The minimum atomic E-state index is 0.819. The topological polar surface area (TPSA) is 9.23 Å². The van der Waals surface area contributed by atoms with Crippen molar-refractivity contribution in [1.29, 1.82) is 0 Å². The Bertz CT molecular complexity index is 155. The lowest BCUT2D eigenvalue weighted by Crippen LogP contribution is -1.83. The fraction of sp³-hybridized carbons (Fsp3) is 0.333. The van der Waals surface area contributed by atoms with Crippen LogP contribution in [-0.4, -0.2) is 6.61 Å². The van der Waals surface area contributed by atoms with E-state index in [1.165, 1.54) is 12.7 Å². The molecule has 0 aliphatic carbocycles. The molecule has 0 heterocycles. The lowest BCUT2D eigenvalue weighted by molar-refractivity contribution is 0.245. The van der Waals surface area contributed by atoms with E-state index in [0.717, 1.165) is 13.0 Å². The molecule has 0 saturated heterocycles. The second kappa shape index (κ2) is 10.8. The lowest BCUT2D eigenvalue weighted by Gasteiger charge is -1.93. The van der Waals surface area contributed by atoms with Crippen molar-refractivity contribution in [2.45, 2.75) is 19.8 Å². The first kappa shape index (κ1) is 11.8. The number of rotatable bonds is 4. The van der Waals surface area contributed by atoms with Gasteiger partial charge in [-0.2, -0.15) is 0 Å². The first-order valence-electron chi connectivity index (χ1n) is 4.64. The van der Waals surface area contributed by atoms with Crippen LogP contribution in [0.15, 0.2) is 49.2 Å². The molecule has 0 fully saturated rings. The number of unbranched alkanes of at least 4 members (excludes halogenated alkanes) is 1. The molecule has 72 valence electrons. The summed E-state index contributed by atoms with van der Waals surface area (Å²) in [5.41, 5.74) is 0. The van der Waals surface area contributed by atoms with Gasteiger partial charge in [0.2, 0.25) is 0 Å². The van der Waals surface area contributed by atoms with Crippen LogP contribution in [0.4, 0.5) is 0 Å². The van der Waals surface area contributed by atoms with Gasteiger partial charge < -0.3 is 4.74 Å². The fourth-order valence-corrected chi connectivity index (χ4v) is 0.696. The van der Waals surface area contributed by atoms with Crippen LogP contribution >= 0.6 is 0 Å². The molecule has 0 amide bonds. The predicted octanol–water partition coefficient (Wildman–Crippen LogP) is 3.63. The van der Waals surface area contributed by atoms with E-state index in [9.17, 15) is 0 Å². The Morgan fingerprint density at radius 1 is 1.08 bits per heavy atom. The maximum absolute atomic E-state index is 4.84. The summed E-state index contributed by atoms with van der Waals surface area (Å²) in [5.74, 6) is 0. The van der Waals surface area contributed by atoms with Gasteiger partial charge in [-0.1, -0.05) is 56.3 Å². The van der Waals surface area contributed by atoms with Crippen LogP contribution in [0.1, 0.15) is 19.8 Å². The van der Waals surface area contributed by atoms with Gasteiger partial charge in [0.1, 0.15) is 0 Å². The van der Waals surface area contributed by atoms with Crippen LogP contribution < -0.4 is 0 Å². The Labute approximate surface area is 81.1 Å². The second-order valence-corrected chi connectivity index (χ2v) is 2.55. The zero-order chi connectivity index (χ0) is 9.78. The minimum absolute atomic E-state index is 0.819. The average Bonchev–Trinajstić information content (AvgIpc) is 2.22. The van der Waals surface area contributed by atoms with Gasteiger partial charge in [0.05, 0.1) is 12.9 Å². The highest BCUT2D eigenvalue weighted by Crippen LogP contribution is 1.86. The third kappa shape index (κ3) is 10.8. The molecular formula is C12H18O. The normalized spacial score (nSPS) is 8.08. The summed E-state index contributed by atoms with van der Waals surface area (Å²) in [6.45, 7) is 6.36. The maximum Gasteiger partial charge on any atom is 0.0872 e.